The highest BCUT2D eigenvalue weighted by Crippen LogP contribution is 2.27. The molecule has 0 aliphatic rings. The zero-order chi connectivity index (χ0) is 16.0. The van der Waals surface area contributed by atoms with Gasteiger partial charge in [-0.1, -0.05) is 6.07 Å². The summed E-state index contributed by atoms with van der Waals surface area (Å²) in [7, 11) is 1.96. The first-order valence-electron chi connectivity index (χ1n) is 6.61. The number of hydrazine groups is 1. The molecule has 0 spiro atoms. The minimum atomic E-state index is -0.585. The van der Waals surface area contributed by atoms with E-state index >= 15 is 0 Å². The number of nitrogen functional groups attached to an aromatic ring is 1. The van der Waals surface area contributed by atoms with Gasteiger partial charge in [0.1, 0.15) is 5.69 Å². The molecule has 8 heteroatoms. The fraction of sp³-hybridized carbons (Fsp3) is 0.462. The van der Waals surface area contributed by atoms with Crippen LogP contribution in [0.5, 0.6) is 0 Å². The molecule has 0 atom stereocenters. The van der Waals surface area contributed by atoms with Crippen molar-refractivity contribution < 1.29 is 9.72 Å². The quantitative estimate of drug-likeness (QED) is 0.392. The number of hydrogen-bond donors (Lipinski definition) is 3. The number of nitrogens with two attached hydrogens (primary N) is 1. The summed E-state index contributed by atoms with van der Waals surface area (Å²) in [6, 6.07) is 4.61. The second-order valence-corrected chi connectivity index (χ2v) is 4.93. The van der Waals surface area contributed by atoms with Gasteiger partial charge in [0, 0.05) is 25.2 Å². The van der Waals surface area contributed by atoms with Gasteiger partial charge in [0.25, 0.3) is 11.6 Å². The van der Waals surface area contributed by atoms with Crippen LogP contribution in [0.2, 0.25) is 0 Å². The molecule has 1 aromatic rings. The van der Waals surface area contributed by atoms with E-state index in [2.05, 4.69) is 29.5 Å². The Morgan fingerprint density at radius 1 is 1.48 bits per heavy atom. The normalized spacial score (nSPS) is 10.8. The molecule has 21 heavy (non-hydrogen) atoms. The molecule has 1 amide bonds. The number of carbonyl (C=O) groups excluding carboxylic acids is 1. The Hall–Kier alpha value is -2.19. The molecule has 0 aliphatic carbocycles. The fourth-order valence-corrected chi connectivity index (χ4v) is 1.73. The molecule has 0 aliphatic heterocycles. The molecule has 0 unspecified atom stereocenters. The molecular formula is C13H21N5O3. The number of hydrogen-bond acceptors (Lipinski definition) is 6. The van der Waals surface area contributed by atoms with Crippen molar-refractivity contribution in [2.75, 3.05) is 25.6 Å². The molecule has 0 fully saturated rings. The lowest BCUT2D eigenvalue weighted by Gasteiger charge is -2.21. The number of likely N-dealkylation sites (N-methyl/N-ethyl adjacent to an activating group) is 1. The number of anilines is 1. The van der Waals surface area contributed by atoms with Crippen LogP contribution in [0.3, 0.4) is 0 Å². The maximum atomic E-state index is 12.1. The number of amides is 1. The molecule has 1 rings (SSSR count). The largest absolute Gasteiger partial charge is 0.351 e. The van der Waals surface area contributed by atoms with Gasteiger partial charge in [0.05, 0.1) is 10.5 Å². The monoisotopic (exact) mass is 295 g/mol. The number of nitrogens with one attached hydrogen (secondary N) is 2. The van der Waals surface area contributed by atoms with Crippen molar-refractivity contribution in [3.63, 3.8) is 0 Å². The van der Waals surface area contributed by atoms with Crippen molar-refractivity contribution in [2.24, 2.45) is 5.84 Å². The summed E-state index contributed by atoms with van der Waals surface area (Å²) in [6.07, 6.45) is 0. The Morgan fingerprint density at radius 2 is 2.14 bits per heavy atom. The first-order chi connectivity index (χ1) is 9.88. The predicted molar refractivity (Wildman–Crippen MR) is 81.0 cm³/mol. The summed E-state index contributed by atoms with van der Waals surface area (Å²) >= 11 is 0. The number of nitrogens with zero attached hydrogens (tertiary/aromatic N) is 2. The lowest BCUT2D eigenvalue weighted by Crippen LogP contribution is -2.36. The van der Waals surface area contributed by atoms with Crippen LogP contribution in [0, 0.1) is 10.1 Å². The van der Waals surface area contributed by atoms with Crippen LogP contribution in [-0.2, 0) is 0 Å². The van der Waals surface area contributed by atoms with Crippen molar-refractivity contribution >= 4 is 17.3 Å². The minimum Gasteiger partial charge on any atom is -0.351 e. The van der Waals surface area contributed by atoms with E-state index in [9.17, 15) is 14.9 Å². The highest BCUT2D eigenvalue weighted by Gasteiger charge is 2.20. The summed E-state index contributed by atoms with van der Waals surface area (Å²) in [5.41, 5.74) is 2.16. The molecule has 1 aromatic carbocycles. The number of nitro benzene ring substituents is 1. The molecular weight excluding hydrogens is 274 g/mol. The Kier molecular flexibility index (Phi) is 6.07. The van der Waals surface area contributed by atoms with Gasteiger partial charge in [-0.2, -0.15) is 0 Å². The van der Waals surface area contributed by atoms with Crippen molar-refractivity contribution in [3.05, 3.63) is 33.9 Å². The average molecular weight is 295 g/mol. The van der Waals surface area contributed by atoms with E-state index < -0.39 is 10.8 Å². The maximum Gasteiger partial charge on any atom is 0.294 e. The summed E-state index contributed by atoms with van der Waals surface area (Å²) in [4.78, 5) is 24.5. The number of benzene rings is 1. The van der Waals surface area contributed by atoms with Gasteiger partial charge in [-0.15, -0.1) is 0 Å². The third-order valence-corrected chi connectivity index (χ3v) is 3.26. The van der Waals surface area contributed by atoms with Gasteiger partial charge in [-0.25, -0.2) is 0 Å². The molecule has 0 heterocycles. The summed E-state index contributed by atoms with van der Waals surface area (Å²) in [5.74, 6) is 4.90. The second kappa shape index (κ2) is 7.55. The van der Waals surface area contributed by atoms with Gasteiger partial charge in [-0.3, -0.25) is 20.8 Å². The summed E-state index contributed by atoms with van der Waals surface area (Å²) in [5, 5.41) is 13.6. The molecule has 0 saturated heterocycles. The molecule has 0 saturated carbocycles. The number of carbonyl (C=O) groups is 1. The Morgan fingerprint density at radius 3 is 2.67 bits per heavy atom. The SMILES string of the molecule is CC(C)N(C)CCNC(=O)c1cccc([N+](=O)[O-])c1NN. The van der Waals surface area contributed by atoms with E-state index in [0.717, 1.165) is 0 Å². The zero-order valence-electron chi connectivity index (χ0n) is 12.4. The van der Waals surface area contributed by atoms with E-state index in [0.29, 0.717) is 19.1 Å². The topological polar surface area (TPSA) is 114 Å². The first kappa shape index (κ1) is 16.9. The molecule has 8 nitrogen and oxygen atoms in total. The Labute approximate surface area is 123 Å². The number of rotatable bonds is 7. The van der Waals surface area contributed by atoms with E-state index in [4.69, 9.17) is 5.84 Å². The highest BCUT2D eigenvalue weighted by atomic mass is 16.6. The van der Waals surface area contributed by atoms with Crippen LogP contribution in [-0.4, -0.2) is 41.9 Å². The van der Waals surface area contributed by atoms with Crippen LogP contribution < -0.4 is 16.6 Å². The van der Waals surface area contributed by atoms with E-state index in [-0.39, 0.29) is 16.9 Å². The minimum absolute atomic E-state index is 0.0113. The predicted octanol–water partition coefficient (Wildman–Crippen LogP) is 0.950. The zero-order valence-corrected chi connectivity index (χ0v) is 12.4. The third kappa shape index (κ3) is 4.40. The van der Waals surface area contributed by atoms with Gasteiger partial charge in [-0.05, 0) is 27.0 Å². The third-order valence-electron chi connectivity index (χ3n) is 3.26. The van der Waals surface area contributed by atoms with Crippen LogP contribution >= 0.6 is 0 Å². The Bertz CT molecular complexity index is 519. The van der Waals surface area contributed by atoms with Crippen molar-refractivity contribution in [2.45, 2.75) is 19.9 Å². The van der Waals surface area contributed by atoms with Crippen LogP contribution in [0.4, 0.5) is 11.4 Å². The van der Waals surface area contributed by atoms with Crippen LogP contribution in [0.1, 0.15) is 24.2 Å². The lowest BCUT2D eigenvalue weighted by molar-refractivity contribution is -0.384. The smallest absolute Gasteiger partial charge is 0.294 e. The van der Waals surface area contributed by atoms with Crippen molar-refractivity contribution in [3.8, 4) is 0 Å². The fourth-order valence-electron chi connectivity index (χ4n) is 1.73. The van der Waals surface area contributed by atoms with Crippen molar-refractivity contribution in [1.29, 1.82) is 0 Å². The molecule has 0 radical (unpaired) electrons. The molecule has 0 bridgehead atoms. The van der Waals surface area contributed by atoms with Gasteiger partial charge in [0.2, 0.25) is 0 Å². The van der Waals surface area contributed by atoms with E-state index in [1.54, 1.807) is 0 Å². The summed E-state index contributed by atoms with van der Waals surface area (Å²) < 4.78 is 0. The van der Waals surface area contributed by atoms with E-state index in [1.165, 1.54) is 18.2 Å². The number of para-hydroxylation sites is 1. The molecule has 116 valence electrons. The second-order valence-electron chi connectivity index (χ2n) is 4.93. The molecule has 0 aromatic heterocycles. The standard InChI is InChI=1S/C13H21N5O3/c1-9(2)17(3)8-7-15-13(19)10-5-4-6-11(18(20)21)12(10)16-14/h4-6,9,16H,7-8,14H2,1-3H3,(H,15,19). The van der Waals surface area contributed by atoms with Gasteiger partial charge in [0.15, 0.2) is 0 Å². The van der Waals surface area contributed by atoms with Crippen LogP contribution in [0.25, 0.3) is 0 Å². The molecule has 4 N–H and O–H groups in total. The average Bonchev–Trinajstić information content (AvgIpc) is 2.45. The first-order valence-corrected chi connectivity index (χ1v) is 6.61. The van der Waals surface area contributed by atoms with E-state index in [1.807, 2.05) is 7.05 Å². The summed E-state index contributed by atoms with van der Waals surface area (Å²) in [6.45, 7) is 5.24. The van der Waals surface area contributed by atoms with Crippen LogP contribution in [0.15, 0.2) is 18.2 Å². The Balaban J connectivity index is 2.79. The highest BCUT2D eigenvalue weighted by molar-refractivity contribution is 6.01. The number of nitro groups is 1. The van der Waals surface area contributed by atoms with Gasteiger partial charge >= 0.3 is 0 Å². The van der Waals surface area contributed by atoms with Gasteiger partial charge < -0.3 is 15.6 Å². The maximum absolute atomic E-state index is 12.1. The lowest BCUT2D eigenvalue weighted by atomic mass is 10.1. The van der Waals surface area contributed by atoms with Crippen molar-refractivity contribution in [1.82, 2.24) is 10.2 Å².